The molecule has 76 valence electrons. The van der Waals surface area contributed by atoms with Gasteiger partial charge in [-0.15, -0.1) is 0 Å². The number of hydrogen-bond donors (Lipinski definition) is 2. The van der Waals surface area contributed by atoms with E-state index in [2.05, 4.69) is 6.92 Å². The van der Waals surface area contributed by atoms with Crippen LogP contribution in [0.2, 0.25) is 0 Å². The van der Waals surface area contributed by atoms with Crippen molar-refractivity contribution in [3.8, 4) is 0 Å². The molecule has 0 aromatic carbocycles. The maximum absolute atomic E-state index is 10.5. The minimum Gasteiger partial charge on any atom is -0.389 e. The number of nitrogens with two attached hydrogens (primary N) is 1. The van der Waals surface area contributed by atoms with Crippen LogP contribution in [0.1, 0.15) is 39.0 Å². The summed E-state index contributed by atoms with van der Waals surface area (Å²) in [5, 5.41) is 10.5. The fraction of sp³-hybridized carbons (Fsp3) is 1.00. The first-order chi connectivity index (χ1) is 6.22. The topological polar surface area (TPSA) is 46.2 Å². The average Bonchev–Trinajstić information content (AvgIpc) is 2.84. The van der Waals surface area contributed by atoms with E-state index in [1.807, 2.05) is 0 Å². The lowest BCUT2D eigenvalue weighted by Crippen LogP contribution is -2.42. The Hall–Kier alpha value is -0.0800. The van der Waals surface area contributed by atoms with Gasteiger partial charge in [-0.1, -0.05) is 13.3 Å². The lowest BCUT2D eigenvalue weighted by molar-refractivity contribution is -0.0327. The highest BCUT2D eigenvalue weighted by Crippen LogP contribution is 2.60. The summed E-state index contributed by atoms with van der Waals surface area (Å²) in [5.74, 6) is 1.80. The van der Waals surface area contributed by atoms with Crippen molar-refractivity contribution in [2.24, 2.45) is 23.5 Å². The largest absolute Gasteiger partial charge is 0.389 e. The second kappa shape index (κ2) is 3.25. The fourth-order valence-electron chi connectivity index (χ4n) is 3.21. The molecule has 2 nitrogen and oxygen atoms in total. The van der Waals surface area contributed by atoms with Gasteiger partial charge in [0.1, 0.15) is 0 Å². The van der Waals surface area contributed by atoms with Gasteiger partial charge in [-0.25, -0.2) is 0 Å². The molecule has 3 N–H and O–H groups in total. The van der Waals surface area contributed by atoms with Crippen molar-refractivity contribution in [1.82, 2.24) is 0 Å². The van der Waals surface area contributed by atoms with E-state index in [0.717, 1.165) is 25.2 Å². The smallest absolute Gasteiger partial charge is 0.0718 e. The average molecular weight is 183 g/mol. The third-order valence-electron chi connectivity index (χ3n) is 4.11. The van der Waals surface area contributed by atoms with Crippen LogP contribution in [0.5, 0.6) is 0 Å². The van der Waals surface area contributed by atoms with Gasteiger partial charge in [0, 0.05) is 5.92 Å². The predicted octanol–water partition coefficient (Wildman–Crippen LogP) is 1.52. The van der Waals surface area contributed by atoms with Crippen LogP contribution in [0, 0.1) is 17.8 Å². The molecule has 0 heterocycles. The maximum Gasteiger partial charge on any atom is 0.0718 e. The van der Waals surface area contributed by atoms with Gasteiger partial charge in [0.05, 0.1) is 5.60 Å². The van der Waals surface area contributed by atoms with E-state index in [4.69, 9.17) is 5.73 Å². The fourth-order valence-corrected chi connectivity index (χ4v) is 3.21. The molecule has 0 aromatic rings. The summed E-state index contributed by atoms with van der Waals surface area (Å²) in [5.41, 5.74) is 5.37. The standard InChI is InChI=1S/C11H21NO/c1-2-3-9(7-12)11(13)5-4-8-6-10(8)11/h8-10,13H,2-7,12H2,1H3. The van der Waals surface area contributed by atoms with E-state index in [-0.39, 0.29) is 5.60 Å². The Morgan fingerprint density at radius 3 is 2.77 bits per heavy atom. The Labute approximate surface area is 80.5 Å². The molecule has 4 unspecified atom stereocenters. The van der Waals surface area contributed by atoms with Crippen LogP contribution in [-0.2, 0) is 0 Å². The van der Waals surface area contributed by atoms with E-state index >= 15 is 0 Å². The highest BCUT2D eigenvalue weighted by molar-refractivity contribution is 5.10. The predicted molar refractivity (Wildman–Crippen MR) is 53.2 cm³/mol. The Morgan fingerprint density at radius 1 is 1.62 bits per heavy atom. The zero-order chi connectivity index (χ0) is 9.47. The molecule has 0 aliphatic heterocycles. The number of aliphatic hydroxyl groups is 1. The van der Waals surface area contributed by atoms with E-state index in [1.165, 1.54) is 12.8 Å². The highest BCUT2D eigenvalue weighted by atomic mass is 16.3. The molecule has 0 amide bonds. The molecule has 2 aliphatic rings. The zero-order valence-electron chi connectivity index (χ0n) is 8.50. The minimum absolute atomic E-state index is 0.356. The van der Waals surface area contributed by atoms with E-state index in [9.17, 15) is 5.11 Å². The van der Waals surface area contributed by atoms with Crippen LogP contribution in [0.25, 0.3) is 0 Å². The Kier molecular flexibility index (Phi) is 2.37. The molecule has 2 saturated carbocycles. The summed E-state index contributed by atoms with van der Waals surface area (Å²) < 4.78 is 0. The van der Waals surface area contributed by atoms with Crippen molar-refractivity contribution in [3.05, 3.63) is 0 Å². The van der Waals surface area contributed by atoms with Crippen molar-refractivity contribution in [1.29, 1.82) is 0 Å². The van der Waals surface area contributed by atoms with Gasteiger partial charge in [-0.3, -0.25) is 0 Å². The summed E-state index contributed by atoms with van der Waals surface area (Å²) >= 11 is 0. The van der Waals surface area contributed by atoms with Crippen LogP contribution in [0.3, 0.4) is 0 Å². The molecule has 0 spiro atoms. The van der Waals surface area contributed by atoms with Gasteiger partial charge in [0.25, 0.3) is 0 Å². The SMILES string of the molecule is CCCC(CN)C1(O)CCC2CC21. The molecule has 2 fully saturated rings. The Bertz CT molecular complexity index is 195. The van der Waals surface area contributed by atoms with Crippen molar-refractivity contribution < 1.29 is 5.11 Å². The molecule has 13 heavy (non-hydrogen) atoms. The van der Waals surface area contributed by atoms with Crippen LogP contribution in [0.4, 0.5) is 0 Å². The molecular formula is C11H21NO. The molecule has 2 aliphatic carbocycles. The molecule has 0 bridgehead atoms. The molecule has 0 aromatic heterocycles. The number of hydrogen-bond acceptors (Lipinski definition) is 2. The van der Waals surface area contributed by atoms with Crippen LogP contribution < -0.4 is 5.73 Å². The second-order valence-corrected chi connectivity index (χ2v) is 4.85. The van der Waals surface area contributed by atoms with Gasteiger partial charge in [-0.2, -0.15) is 0 Å². The summed E-state index contributed by atoms with van der Waals surface area (Å²) in [7, 11) is 0. The number of rotatable bonds is 4. The van der Waals surface area contributed by atoms with Gasteiger partial charge >= 0.3 is 0 Å². The third kappa shape index (κ3) is 1.40. The first-order valence-corrected chi connectivity index (χ1v) is 5.64. The van der Waals surface area contributed by atoms with Gasteiger partial charge in [0.15, 0.2) is 0 Å². The van der Waals surface area contributed by atoms with Crippen molar-refractivity contribution >= 4 is 0 Å². The lowest BCUT2D eigenvalue weighted by Gasteiger charge is -2.33. The monoisotopic (exact) mass is 183 g/mol. The lowest BCUT2D eigenvalue weighted by atomic mass is 9.80. The van der Waals surface area contributed by atoms with Crippen molar-refractivity contribution in [2.45, 2.75) is 44.6 Å². The molecule has 0 saturated heterocycles. The quantitative estimate of drug-likeness (QED) is 0.694. The molecule has 0 radical (unpaired) electrons. The number of fused-ring (bicyclic) bond motifs is 1. The van der Waals surface area contributed by atoms with Crippen LogP contribution >= 0.6 is 0 Å². The van der Waals surface area contributed by atoms with E-state index < -0.39 is 0 Å². The van der Waals surface area contributed by atoms with Crippen LogP contribution in [-0.4, -0.2) is 17.3 Å². The Morgan fingerprint density at radius 2 is 2.38 bits per heavy atom. The molecule has 2 rings (SSSR count). The maximum atomic E-state index is 10.5. The molecular weight excluding hydrogens is 162 g/mol. The summed E-state index contributed by atoms with van der Waals surface area (Å²) in [6.45, 7) is 2.83. The second-order valence-electron chi connectivity index (χ2n) is 4.85. The van der Waals surface area contributed by atoms with Crippen molar-refractivity contribution in [2.75, 3.05) is 6.54 Å². The summed E-state index contributed by atoms with van der Waals surface area (Å²) in [6.07, 6.45) is 5.74. The molecule has 4 atom stereocenters. The Balaban J connectivity index is 2.03. The highest BCUT2D eigenvalue weighted by Gasteiger charge is 2.59. The van der Waals surface area contributed by atoms with Gasteiger partial charge < -0.3 is 10.8 Å². The zero-order valence-corrected chi connectivity index (χ0v) is 8.50. The summed E-state index contributed by atoms with van der Waals surface area (Å²) in [6, 6.07) is 0. The first kappa shape index (κ1) is 9.47. The van der Waals surface area contributed by atoms with Gasteiger partial charge in [-0.05, 0) is 44.1 Å². The first-order valence-electron chi connectivity index (χ1n) is 5.64. The third-order valence-corrected chi connectivity index (χ3v) is 4.11. The van der Waals surface area contributed by atoms with E-state index in [1.54, 1.807) is 0 Å². The van der Waals surface area contributed by atoms with Crippen LogP contribution in [0.15, 0.2) is 0 Å². The van der Waals surface area contributed by atoms with Gasteiger partial charge in [0.2, 0.25) is 0 Å². The summed E-state index contributed by atoms with van der Waals surface area (Å²) in [4.78, 5) is 0. The molecule has 2 heteroatoms. The normalized spacial score (nSPS) is 44.5. The van der Waals surface area contributed by atoms with Crippen molar-refractivity contribution in [3.63, 3.8) is 0 Å². The van der Waals surface area contributed by atoms with E-state index in [0.29, 0.717) is 18.4 Å². The minimum atomic E-state index is -0.380.